The summed E-state index contributed by atoms with van der Waals surface area (Å²) in [5.41, 5.74) is 2.89. The maximum absolute atomic E-state index is 13.0. The molecule has 0 spiro atoms. The van der Waals surface area contributed by atoms with E-state index >= 15 is 0 Å². The fraction of sp³-hybridized carbons (Fsp3) is 0.400. The van der Waals surface area contributed by atoms with E-state index in [1.165, 1.54) is 13.2 Å². The van der Waals surface area contributed by atoms with Crippen LogP contribution in [0, 0.1) is 11.5 Å². The molecule has 0 atom stereocenters. The first kappa shape index (κ1) is 18.8. The quantitative estimate of drug-likeness (QED) is 0.423. The monoisotopic (exact) mass is 392 g/mol. The number of halogens is 4. The largest absolute Gasteiger partial charge is 0.469 e. The predicted molar refractivity (Wildman–Crippen MR) is 85.1 cm³/mol. The zero-order valence-corrected chi connectivity index (χ0v) is 15.3. The lowest BCUT2D eigenvalue weighted by Gasteiger charge is -2.13. The molecule has 0 aliphatic carbocycles. The molecular formula is C15H16BrF3O2Si. The lowest BCUT2D eigenvalue weighted by Crippen LogP contribution is -2.16. The fourth-order valence-corrected chi connectivity index (χ4v) is 2.66. The number of carbonyl (C=O) groups excluding carboxylic acids is 1. The van der Waals surface area contributed by atoms with Crippen LogP contribution in [0.2, 0.25) is 19.6 Å². The molecule has 0 radical (unpaired) electrons. The van der Waals surface area contributed by atoms with Gasteiger partial charge in [0, 0.05) is 10.0 Å². The summed E-state index contributed by atoms with van der Waals surface area (Å²) in [6, 6.07) is 2.27. The molecule has 0 saturated heterocycles. The second-order valence-corrected chi connectivity index (χ2v) is 11.3. The molecule has 0 aromatic heterocycles. The average Bonchev–Trinajstić information content (AvgIpc) is 2.36. The van der Waals surface area contributed by atoms with Crippen molar-refractivity contribution in [2.45, 2.75) is 32.2 Å². The number of hydrogen-bond donors (Lipinski definition) is 0. The summed E-state index contributed by atoms with van der Waals surface area (Å²) in [5.74, 6) is 2.30. The van der Waals surface area contributed by atoms with Crippen LogP contribution in [0.4, 0.5) is 13.2 Å². The number of carbonyl (C=O) groups is 1. The Bertz CT molecular complexity index is 637. The van der Waals surface area contributed by atoms with Gasteiger partial charge in [-0.15, -0.1) is 5.54 Å². The van der Waals surface area contributed by atoms with E-state index in [2.05, 4.69) is 32.1 Å². The van der Waals surface area contributed by atoms with Crippen LogP contribution in [-0.2, 0) is 22.1 Å². The summed E-state index contributed by atoms with van der Waals surface area (Å²) in [4.78, 5) is 11.4. The van der Waals surface area contributed by atoms with Gasteiger partial charge in [-0.1, -0.05) is 41.5 Å². The topological polar surface area (TPSA) is 26.3 Å². The van der Waals surface area contributed by atoms with Gasteiger partial charge in [0.15, 0.2) is 0 Å². The van der Waals surface area contributed by atoms with Crippen molar-refractivity contribution >= 4 is 30.0 Å². The number of esters is 1. The SMILES string of the molecule is COC(=O)Cc1cc(C(F)(F)F)c(Br)cc1C#C[Si](C)(C)C. The van der Waals surface area contributed by atoms with E-state index in [1.807, 2.05) is 19.6 Å². The van der Waals surface area contributed by atoms with E-state index in [9.17, 15) is 18.0 Å². The van der Waals surface area contributed by atoms with Crippen LogP contribution in [0.1, 0.15) is 16.7 Å². The Hall–Kier alpha value is -1.26. The minimum atomic E-state index is -4.51. The maximum atomic E-state index is 13.0. The van der Waals surface area contributed by atoms with Crippen LogP contribution in [0.25, 0.3) is 0 Å². The lowest BCUT2D eigenvalue weighted by molar-refractivity contribution is -0.140. The molecule has 0 fully saturated rings. The van der Waals surface area contributed by atoms with Gasteiger partial charge in [0.25, 0.3) is 0 Å². The van der Waals surface area contributed by atoms with Crippen molar-refractivity contribution in [1.82, 2.24) is 0 Å². The number of rotatable bonds is 2. The summed E-state index contributed by atoms with van der Waals surface area (Å²) in [5, 5.41) is 0. The maximum Gasteiger partial charge on any atom is 0.417 e. The molecule has 0 unspecified atom stereocenters. The van der Waals surface area contributed by atoms with Crippen molar-refractivity contribution in [2.75, 3.05) is 7.11 Å². The minimum Gasteiger partial charge on any atom is -0.469 e. The highest BCUT2D eigenvalue weighted by molar-refractivity contribution is 9.10. The summed E-state index contributed by atoms with van der Waals surface area (Å²) < 4.78 is 43.4. The normalized spacial score (nSPS) is 11.6. The third-order valence-corrected chi connectivity index (χ3v) is 4.16. The number of methoxy groups -OCH3 is 1. The Morgan fingerprint density at radius 2 is 1.91 bits per heavy atom. The highest BCUT2D eigenvalue weighted by Gasteiger charge is 2.34. The van der Waals surface area contributed by atoms with Crippen molar-refractivity contribution in [3.8, 4) is 11.5 Å². The van der Waals surface area contributed by atoms with Gasteiger partial charge in [0.2, 0.25) is 0 Å². The second-order valence-electron chi connectivity index (χ2n) is 5.74. The Balaban J connectivity index is 3.44. The first-order valence-corrected chi connectivity index (χ1v) is 10.7. The average molecular weight is 393 g/mol. The van der Waals surface area contributed by atoms with Gasteiger partial charge in [-0.3, -0.25) is 4.79 Å². The van der Waals surface area contributed by atoms with Crippen LogP contribution in [0.5, 0.6) is 0 Å². The third-order valence-electron chi connectivity index (χ3n) is 2.63. The van der Waals surface area contributed by atoms with E-state index in [-0.39, 0.29) is 16.5 Å². The Morgan fingerprint density at radius 1 is 1.32 bits per heavy atom. The zero-order valence-electron chi connectivity index (χ0n) is 12.7. The predicted octanol–water partition coefficient (Wildman–Crippen LogP) is 4.41. The molecular weight excluding hydrogens is 377 g/mol. The van der Waals surface area contributed by atoms with E-state index in [4.69, 9.17) is 0 Å². The van der Waals surface area contributed by atoms with Gasteiger partial charge in [0.1, 0.15) is 8.07 Å². The molecule has 0 heterocycles. The van der Waals surface area contributed by atoms with Crippen LogP contribution in [0.3, 0.4) is 0 Å². The highest BCUT2D eigenvalue weighted by Crippen LogP contribution is 2.36. The molecule has 0 aliphatic heterocycles. The van der Waals surface area contributed by atoms with Crippen LogP contribution >= 0.6 is 15.9 Å². The van der Waals surface area contributed by atoms with Crippen LogP contribution < -0.4 is 0 Å². The molecule has 0 amide bonds. The molecule has 0 aliphatic rings. The van der Waals surface area contributed by atoms with Crippen LogP contribution in [-0.4, -0.2) is 21.2 Å². The minimum absolute atomic E-state index is 0.0894. The van der Waals surface area contributed by atoms with E-state index in [0.717, 1.165) is 6.07 Å². The van der Waals surface area contributed by atoms with Gasteiger partial charge in [-0.05, 0) is 17.7 Å². The first-order chi connectivity index (χ1) is 9.94. The number of benzene rings is 1. The van der Waals surface area contributed by atoms with Crippen molar-refractivity contribution in [3.05, 3.63) is 33.3 Å². The molecule has 1 rings (SSSR count). The molecule has 7 heteroatoms. The lowest BCUT2D eigenvalue weighted by atomic mass is 10.0. The third kappa shape index (κ3) is 5.50. The van der Waals surface area contributed by atoms with Crippen LogP contribution in [0.15, 0.2) is 16.6 Å². The van der Waals surface area contributed by atoms with Gasteiger partial charge < -0.3 is 4.74 Å². The Labute approximate surface area is 137 Å². The highest BCUT2D eigenvalue weighted by atomic mass is 79.9. The van der Waals surface area contributed by atoms with E-state index in [0.29, 0.717) is 5.56 Å². The van der Waals surface area contributed by atoms with Gasteiger partial charge >= 0.3 is 12.1 Å². The number of alkyl halides is 3. The fourth-order valence-electron chi connectivity index (χ4n) is 1.58. The molecule has 120 valence electrons. The Morgan fingerprint density at radius 3 is 2.36 bits per heavy atom. The van der Waals surface area contributed by atoms with Gasteiger partial charge in [-0.2, -0.15) is 13.2 Å². The zero-order chi connectivity index (χ0) is 17.1. The number of ether oxygens (including phenoxy) is 1. The molecule has 0 bridgehead atoms. The second kappa shape index (κ2) is 6.88. The molecule has 0 saturated carbocycles. The Kier molecular flexibility index (Phi) is 5.87. The molecule has 22 heavy (non-hydrogen) atoms. The van der Waals surface area contributed by atoms with E-state index in [1.54, 1.807) is 0 Å². The smallest absolute Gasteiger partial charge is 0.417 e. The van der Waals surface area contributed by atoms with Gasteiger partial charge in [0.05, 0.1) is 19.1 Å². The van der Waals surface area contributed by atoms with Crippen molar-refractivity contribution in [1.29, 1.82) is 0 Å². The standard InChI is InChI=1S/C15H16BrF3O2Si/c1-21-14(20)9-11-7-12(15(17,18)19)13(16)8-10(11)5-6-22(2,3)4/h7-8H,9H2,1-4H3. The number of hydrogen-bond acceptors (Lipinski definition) is 2. The molecule has 1 aromatic rings. The van der Waals surface area contributed by atoms with E-state index < -0.39 is 25.8 Å². The van der Waals surface area contributed by atoms with Crippen molar-refractivity contribution in [3.63, 3.8) is 0 Å². The molecule has 0 N–H and O–H groups in total. The first-order valence-electron chi connectivity index (χ1n) is 6.43. The van der Waals surface area contributed by atoms with Crippen molar-refractivity contribution < 1.29 is 22.7 Å². The molecule has 1 aromatic carbocycles. The summed E-state index contributed by atoms with van der Waals surface area (Å²) in [7, 11) is -0.500. The summed E-state index contributed by atoms with van der Waals surface area (Å²) in [6.45, 7) is 6.08. The molecule has 2 nitrogen and oxygen atoms in total. The summed E-state index contributed by atoms with van der Waals surface area (Å²) in [6.07, 6.45) is -4.75. The van der Waals surface area contributed by atoms with Crippen molar-refractivity contribution in [2.24, 2.45) is 0 Å². The van der Waals surface area contributed by atoms with Gasteiger partial charge in [-0.25, -0.2) is 0 Å². The summed E-state index contributed by atoms with van der Waals surface area (Å²) >= 11 is 2.93.